The number of rotatable bonds is 3. The van der Waals surface area contributed by atoms with Gasteiger partial charge in [0, 0.05) is 52.4 Å². The summed E-state index contributed by atoms with van der Waals surface area (Å²) in [4.78, 5) is 25.7. The third-order valence-corrected chi connectivity index (χ3v) is 6.33. The molecule has 31 heavy (non-hydrogen) atoms. The number of ketones is 1. The second-order valence-electron chi connectivity index (χ2n) is 9.24. The minimum Gasteiger partial charge on any atom is -0.455 e. The zero-order chi connectivity index (χ0) is 21.9. The smallest absolute Gasteiger partial charge is 0.291 e. The van der Waals surface area contributed by atoms with Crippen molar-refractivity contribution in [3.05, 3.63) is 65.1 Å². The number of nitrogens with zero attached hydrogens (tertiary/aromatic N) is 1. The summed E-state index contributed by atoms with van der Waals surface area (Å²) in [6, 6.07) is 14.3. The van der Waals surface area contributed by atoms with Crippen LogP contribution in [0.15, 0.2) is 46.9 Å². The molecule has 5 nitrogen and oxygen atoms in total. The van der Waals surface area contributed by atoms with E-state index in [4.69, 9.17) is 4.42 Å². The number of anilines is 1. The van der Waals surface area contributed by atoms with Crippen LogP contribution in [0.4, 0.5) is 5.69 Å². The summed E-state index contributed by atoms with van der Waals surface area (Å²) < 4.78 is 8.19. The van der Waals surface area contributed by atoms with E-state index >= 15 is 0 Å². The van der Waals surface area contributed by atoms with E-state index in [0.29, 0.717) is 35.4 Å². The number of para-hydroxylation sites is 1. The maximum Gasteiger partial charge on any atom is 0.291 e. The van der Waals surface area contributed by atoms with Crippen molar-refractivity contribution in [1.82, 2.24) is 4.57 Å². The molecule has 0 bridgehead atoms. The molecular weight excluding hydrogens is 388 g/mol. The normalized spacial score (nSPS) is 15.4. The molecule has 5 heteroatoms. The van der Waals surface area contributed by atoms with Gasteiger partial charge in [0.2, 0.25) is 0 Å². The molecule has 0 spiro atoms. The summed E-state index contributed by atoms with van der Waals surface area (Å²) in [6.07, 6.45) is 1.13. The van der Waals surface area contributed by atoms with Gasteiger partial charge in [-0.1, -0.05) is 32.0 Å². The molecule has 158 valence electrons. The van der Waals surface area contributed by atoms with Crippen LogP contribution < -0.4 is 5.32 Å². The number of carbonyl (C=O) groups is 2. The van der Waals surface area contributed by atoms with Crippen molar-refractivity contribution in [3.63, 3.8) is 0 Å². The highest BCUT2D eigenvalue weighted by Gasteiger charge is 2.37. The molecule has 2 aromatic carbocycles. The maximum absolute atomic E-state index is 13.1. The first-order valence-corrected chi connectivity index (χ1v) is 10.8. The van der Waals surface area contributed by atoms with Crippen LogP contribution in [0.2, 0.25) is 0 Å². The third-order valence-electron chi connectivity index (χ3n) is 6.33. The summed E-state index contributed by atoms with van der Waals surface area (Å²) in [7, 11) is 0. The highest BCUT2D eigenvalue weighted by atomic mass is 16.4. The highest BCUT2D eigenvalue weighted by molar-refractivity contribution is 6.11. The second kappa shape index (κ2) is 6.84. The summed E-state index contributed by atoms with van der Waals surface area (Å²) in [5, 5.41) is 5.23. The Kier molecular flexibility index (Phi) is 4.33. The van der Waals surface area contributed by atoms with Gasteiger partial charge in [0.25, 0.3) is 5.91 Å². The van der Waals surface area contributed by atoms with Crippen molar-refractivity contribution in [3.8, 4) is 0 Å². The van der Waals surface area contributed by atoms with Crippen LogP contribution in [0.1, 0.15) is 59.4 Å². The number of fused-ring (bicyclic) bond motifs is 4. The van der Waals surface area contributed by atoms with E-state index in [0.717, 1.165) is 22.8 Å². The van der Waals surface area contributed by atoms with Crippen LogP contribution in [0.3, 0.4) is 0 Å². The van der Waals surface area contributed by atoms with Crippen LogP contribution in [-0.2, 0) is 13.0 Å². The van der Waals surface area contributed by atoms with Gasteiger partial charge in [-0.3, -0.25) is 9.59 Å². The molecular formula is C26H26N2O3. The fourth-order valence-corrected chi connectivity index (χ4v) is 4.96. The second-order valence-corrected chi connectivity index (χ2v) is 9.24. The average molecular weight is 415 g/mol. The predicted molar refractivity (Wildman–Crippen MR) is 123 cm³/mol. The largest absolute Gasteiger partial charge is 0.455 e. The molecule has 5 rings (SSSR count). The van der Waals surface area contributed by atoms with Crippen LogP contribution in [0.5, 0.6) is 0 Å². The topological polar surface area (TPSA) is 64.2 Å². The number of aryl methyl sites for hydroxylation is 1. The van der Waals surface area contributed by atoms with Gasteiger partial charge >= 0.3 is 0 Å². The fourth-order valence-electron chi connectivity index (χ4n) is 4.96. The third kappa shape index (κ3) is 3.07. The summed E-state index contributed by atoms with van der Waals surface area (Å²) in [6.45, 7) is 8.90. The summed E-state index contributed by atoms with van der Waals surface area (Å²) in [5.74, 6) is 0.592. The van der Waals surface area contributed by atoms with Crippen LogP contribution in [-0.4, -0.2) is 16.3 Å². The molecule has 4 aromatic rings. The Labute approximate surface area is 181 Å². The number of aromatic nitrogens is 1. The SMILES string of the molecule is CCn1c2ccccc2c2cc(NC(=O)c3oc4c(c3C)C(=O)CC(C)(C)C4)ccc21. The number of amides is 1. The number of hydrogen-bond acceptors (Lipinski definition) is 3. The van der Waals surface area contributed by atoms with Crippen molar-refractivity contribution in [2.24, 2.45) is 5.41 Å². The van der Waals surface area contributed by atoms with E-state index in [1.54, 1.807) is 6.92 Å². The minimum absolute atomic E-state index is 0.0559. The Balaban J connectivity index is 1.52. The van der Waals surface area contributed by atoms with E-state index in [1.807, 2.05) is 44.2 Å². The van der Waals surface area contributed by atoms with Gasteiger partial charge in [-0.05, 0) is 43.5 Å². The van der Waals surface area contributed by atoms with E-state index in [2.05, 4.69) is 28.9 Å². The Bertz CT molecular complexity index is 1370. The molecule has 0 atom stereocenters. The van der Waals surface area contributed by atoms with Gasteiger partial charge in [-0.2, -0.15) is 0 Å². The Morgan fingerprint density at radius 1 is 1.10 bits per heavy atom. The lowest BCUT2D eigenvalue weighted by atomic mass is 9.76. The molecule has 1 amide bonds. The standard InChI is InChI=1S/C26H26N2O3/c1-5-28-19-9-7-6-8-17(19)18-12-16(10-11-20(18)28)27-25(30)24-15(2)23-21(29)13-26(3,4)14-22(23)31-24/h6-12H,5,13-14H2,1-4H3,(H,27,30). The van der Waals surface area contributed by atoms with Crippen molar-refractivity contribution < 1.29 is 14.0 Å². The van der Waals surface area contributed by atoms with Gasteiger partial charge < -0.3 is 14.3 Å². The number of carbonyl (C=O) groups excluding carboxylic acids is 2. The number of nitrogens with one attached hydrogen (secondary N) is 1. The van der Waals surface area contributed by atoms with Crippen molar-refractivity contribution in [2.45, 2.75) is 47.1 Å². The molecule has 0 unspecified atom stereocenters. The van der Waals surface area contributed by atoms with Gasteiger partial charge in [-0.25, -0.2) is 0 Å². The van der Waals surface area contributed by atoms with Crippen molar-refractivity contribution >= 4 is 39.2 Å². The molecule has 0 aliphatic heterocycles. The lowest BCUT2D eigenvalue weighted by Crippen LogP contribution is -2.26. The van der Waals surface area contributed by atoms with Crippen LogP contribution in [0, 0.1) is 12.3 Å². The number of benzene rings is 2. The minimum atomic E-state index is -0.323. The molecule has 0 saturated carbocycles. The van der Waals surface area contributed by atoms with Gasteiger partial charge in [-0.15, -0.1) is 0 Å². The predicted octanol–water partition coefficient (Wildman–Crippen LogP) is 6.12. The first-order valence-electron chi connectivity index (χ1n) is 10.8. The first kappa shape index (κ1) is 19.6. The van der Waals surface area contributed by atoms with Gasteiger partial charge in [0.15, 0.2) is 11.5 Å². The van der Waals surface area contributed by atoms with Crippen molar-refractivity contribution in [2.75, 3.05) is 5.32 Å². The average Bonchev–Trinajstić information content (AvgIpc) is 3.21. The molecule has 1 aliphatic carbocycles. The van der Waals surface area contributed by atoms with E-state index in [-0.39, 0.29) is 22.9 Å². The molecule has 1 N–H and O–H groups in total. The van der Waals surface area contributed by atoms with Crippen LogP contribution in [0.25, 0.3) is 21.8 Å². The molecule has 0 radical (unpaired) electrons. The van der Waals surface area contributed by atoms with Gasteiger partial charge in [0.05, 0.1) is 5.56 Å². The maximum atomic E-state index is 13.1. The molecule has 1 aliphatic rings. The zero-order valence-electron chi connectivity index (χ0n) is 18.3. The summed E-state index contributed by atoms with van der Waals surface area (Å²) in [5.41, 5.74) is 4.10. The monoisotopic (exact) mass is 414 g/mol. The fraction of sp³-hybridized carbons (Fsp3) is 0.308. The Morgan fingerprint density at radius 3 is 2.61 bits per heavy atom. The lowest BCUT2D eigenvalue weighted by Gasteiger charge is -2.27. The number of furan rings is 1. The lowest BCUT2D eigenvalue weighted by molar-refractivity contribution is 0.0898. The van der Waals surface area contributed by atoms with E-state index in [9.17, 15) is 9.59 Å². The van der Waals surface area contributed by atoms with E-state index in [1.165, 1.54) is 5.52 Å². The van der Waals surface area contributed by atoms with Gasteiger partial charge in [0.1, 0.15) is 5.76 Å². The summed E-state index contributed by atoms with van der Waals surface area (Å²) >= 11 is 0. The number of Topliss-reactive ketones (excluding diaryl/α,β-unsaturated/α-hetero) is 1. The van der Waals surface area contributed by atoms with Crippen LogP contribution >= 0.6 is 0 Å². The molecule has 2 aromatic heterocycles. The van der Waals surface area contributed by atoms with Crippen molar-refractivity contribution in [1.29, 1.82) is 0 Å². The quantitative estimate of drug-likeness (QED) is 0.439. The van der Waals surface area contributed by atoms with E-state index < -0.39 is 0 Å². The highest BCUT2D eigenvalue weighted by Crippen LogP contribution is 2.38. The molecule has 0 fully saturated rings. The zero-order valence-corrected chi connectivity index (χ0v) is 18.3. The Hall–Kier alpha value is -3.34. The Morgan fingerprint density at radius 2 is 1.84 bits per heavy atom. The first-order chi connectivity index (χ1) is 14.8. The molecule has 2 heterocycles. The molecule has 0 saturated heterocycles. The number of hydrogen-bond donors (Lipinski definition) is 1.